The molecular weight excluding hydrogens is 720 g/mol. The van der Waals surface area contributed by atoms with Gasteiger partial charge in [0.15, 0.2) is 23.3 Å². The van der Waals surface area contributed by atoms with Crippen LogP contribution >= 0.6 is 23.1 Å². The second-order valence-corrected chi connectivity index (χ2v) is 14.6. The third-order valence-electron chi connectivity index (χ3n) is 8.91. The number of thiophene rings is 1. The van der Waals surface area contributed by atoms with Crippen molar-refractivity contribution in [1.29, 1.82) is 0 Å². The van der Waals surface area contributed by atoms with Crippen molar-refractivity contribution >= 4 is 43.3 Å². The number of halogens is 3. The third-order valence-corrected chi connectivity index (χ3v) is 11.1. The van der Waals surface area contributed by atoms with Gasteiger partial charge in [-0.15, -0.1) is 11.3 Å². The maximum Gasteiger partial charge on any atom is 0.416 e. The molecule has 0 N–H and O–H groups in total. The first-order chi connectivity index (χ1) is 26.4. The Morgan fingerprint density at radius 1 is 0.500 bits per heavy atom. The van der Waals surface area contributed by atoms with Crippen molar-refractivity contribution in [3.63, 3.8) is 0 Å². The molecule has 3 heterocycles. The summed E-state index contributed by atoms with van der Waals surface area (Å²) in [5.74, 6) is 2.23. The molecule has 0 saturated carbocycles. The zero-order valence-corrected chi connectivity index (χ0v) is 29.8. The number of benzene rings is 6. The van der Waals surface area contributed by atoms with E-state index in [-0.39, 0.29) is 0 Å². The summed E-state index contributed by atoms with van der Waals surface area (Å²) in [4.78, 5) is 26.2. The second-order valence-electron chi connectivity index (χ2n) is 12.4. The quantitative estimate of drug-likeness (QED) is 0.162. The fourth-order valence-corrected chi connectivity index (χ4v) is 8.43. The zero-order valence-electron chi connectivity index (χ0n) is 28.2. The fourth-order valence-electron chi connectivity index (χ4n) is 6.27. The van der Waals surface area contributed by atoms with Gasteiger partial charge < -0.3 is 0 Å². The van der Waals surface area contributed by atoms with Gasteiger partial charge in [-0.2, -0.15) is 13.2 Å². The first-order valence-electron chi connectivity index (χ1n) is 17.0. The van der Waals surface area contributed by atoms with Gasteiger partial charge in [0.25, 0.3) is 0 Å². The predicted octanol–water partition coefficient (Wildman–Crippen LogP) is 12.5. The van der Waals surface area contributed by atoms with Gasteiger partial charge in [0.05, 0.1) is 16.2 Å². The molecule has 0 amide bonds. The number of hydrogen-bond donors (Lipinski definition) is 0. The van der Waals surface area contributed by atoms with Crippen LogP contribution in [-0.4, -0.2) is 24.9 Å². The van der Waals surface area contributed by atoms with E-state index in [9.17, 15) is 13.2 Å². The zero-order chi connectivity index (χ0) is 36.6. The first kappa shape index (κ1) is 33.6. The Morgan fingerprint density at radius 2 is 1.09 bits per heavy atom. The van der Waals surface area contributed by atoms with Crippen molar-refractivity contribution in [2.75, 3.05) is 0 Å². The van der Waals surface area contributed by atoms with Gasteiger partial charge in [0, 0.05) is 59.1 Å². The molecule has 0 atom stereocenters. The molecule has 5 nitrogen and oxygen atoms in total. The van der Waals surface area contributed by atoms with E-state index in [0.717, 1.165) is 64.3 Å². The summed E-state index contributed by atoms with van der Waals surface area (Å²) in [5, 5.41) is 2.12. The molecule has 0 aliphatic heterocycles. The Hall–Kier alpha value is -6.23. The highest BCUT2D eigenvalue weighted by molar-refractivity contribution is 7.99. The van der Waals surface area contributed by atoms with E-state index in [0.29, 0.717) is 34.6 Å². The van der Waals surface area contributed by atoms with E-state index >= 15 is 0 Å². The van der Waals surface area contributed by atoms with E-state index in [4.69, 9.17) is 24.9 Å². The molecule has 0 unspecified atom stereocenters. The van der Waals surface area contributed by atoms with E-state index in [1.54, 1.807) is 17.5 Å². The summed E-state index contributed by atoms with van der Waals surface area (Å²) in [6, 6.07) is 46.9. The van der Waals surface area contributed by atoms with Crippen LogP contribution in [0.4, 0.5) is 13.2 Å². The third kappa shape index (κ3) is 6.61. The summed E-state index contributed by atoms with van der Waals surface area (Å²) in [7, 11) is 0. The molecule has 0 aliphatic carbocycles. The van der Waals surface area contributed by atoms with Crippen LogP contribution in [0, 0.1) is 0 Å². The highest BCUT2D eigenvalue weighted by atomic mass is 32.2. The van der Waals surface area contributed by atoms with Crippen LogP contribution in [0.25, 0.3) is 77.0 Å². The van der Waals surface area contributed by atoms with Crippen LogP contribution in [0.3, 0.4) is 0 Å². The van der Waals surface area contributed by atoms with Crippen LogP contribution in [-0.2, 0) is 6.18 Å². The number of hydrogen-bond acceptors (Lipinski definition) is 7. The number of alkyl halides is 3. The van der Waals surface area contributed by atoms with E-state index in [2.05, 4.69) is 18.2 Å². The molecule has 9 rings (SSSR count). The molecule has 54 heavy (non-hydrogen) atoms. The molecule has 10 heteroatoms. The summed E-state index contributed by atoms with van der Waals surface area (Å²) in [6.45, 7) is 0. The van der Waals surface area contributed by atoms with Crippen molar-refractivity contribution in [1.82, 2.24) is 24.9 Å². The van der Waals surface area contributed by atoms with Crippen LogP contribution in [0.1, 0.15) is 5.56 Å². The SMILES string of the molecule is FC(F)(F)c1ccc(-c2nc(-c3cccc4c3sc3cc(-c5nc(-c6ccccc6)nc(-c6ccccc6)n5)ccc34)ncc2Sc2ccccc2)cc1. The molecule has 0 spiro atoms. The standard InChI is InChI=1S/C44H26F3N5S2/c45-44(46,47)31-22-19-27(20-23-31)38-37(53-32-15-8-3-9-16-32)26-48-43(49-38)35-18-10-17-34-33-24-21-30(25-36(33)54-39(34)35)42-51-40(28-11-4-1-5-12-28)50-41(52-42)29-13-6-2-7-14-29/h1-26H. The fraction of sp³-hybridized carbons (Fsp3) is 0.0227. The van der Waals surface area contributed by atoms with Crippen LogP contribution in [0.15, 0.2) is 168 Å². The molecule has 9 aromatic rings. The summed E-state index contributed by atoms with van der Waals surface area (Å²) < 4.78 is 42.4. The maximum atomic E-state index is 13.5. The lowest BCUT2D eigenvalue weighted by molar-refractivity contribution is -0.137. The van der Waals surface area contributed by atoms with Gasteiger partial charge in [0.1, 0.15) is 0 Å². The number of nitrogens with zero attached hydrogens (tertiary/aromatic N) is 5. The van der Waals surface area contributed by atoms with E-state index in [1.807, 2.05) is 109 Å². The summed E-state index contributed by atoms with van der Waals surface area (Å²) in [5.41, 5.74) is 3.90. The van der Waals surface area contributed by atoms with Gasteiger partial charge >= 0.3 is 6.18 Å². The lowest BCUT2D eigenvalue weighted by Crippen LogP contribution is -2.04. The number of fused-ring (bicyclic) bond motifs is 3. The minimum atomic E-state index is -4.44. The van der Waals surface area contributed by atoms with Gasteiger partial charge in [-0.1, -0.05) is 127 Å². The van der Waals surface area contributed by atoms with Gasteiger partial charge in [-0.05, 0) is 36.4 Å². The molecule has 0 fully saturated rings. The smallest absolute Gasteiger partial charge is 0.235 e. The normalized spacial score (nSPS) is 11.7. The Labute approximate surface area is 316 Å². The topological polar surface area (TPSA) is 64.5 Å². The van der Waals surface area contributed by atoms with E-state index in [1.165, 1.54) is 23.9 Å². The monoisotopic (exact) mass is 745 g/mol. The average molecular weight is 746 g/mol. The van der Waals surface area contributed by atoms with Crippen molar-refractivity contribution in [2.24, 2.45) is 0 Å². The van der Waals surface area contributed by atoms with Crippen molar-refractivity contribution < 1.29 is 13.2 Å². The Kier molecular flexibility index (Phi) is 8.69. The summed E-state index contributed by atoms with van der Waals surface area (Å²) >= 11 is 3.09. The highest BCUT2D eigenvalue weighted by Crippen LogP contribution is 2.42. The van der Waals surface area contributed by atoms with Crippen LogP contribution in [0.5, 0.6) is 0 Å². The number of rotatable bonds is 7. The molecule has 260 valence electrons. The van der Waals surface area contributed by atoms with Crippen molar-refractivity contribution in [3.05, 3.63) is 163 Å². The van der Waals surface area contributed by atoms with Crippen molar-refractivity contribution in [3.8, 4) is 56.8 Å². The number of aromatic nitrogens is 5. The largest absolute Gasteiger partial charge is 0.416 e. The van der Waals surface area contributed by atoms with E-state index < -0.39 is 11.7 Å². The lowest BCUT2D eigenvalue weighted by atomic mass is 10.1. The molecule has 0 saturated heterocycles. The predicted molar refractivity (Wildman–Crippen MR) is 211 cm³/mol. The molecule has 3 aromatic heterocycles. The van der Waals surface area contributed by atoms with Crippen LogP contribution in [0.2, 0.25) is 0 Å². The maximum absolute atomic E-state index is 13.5. The van der Waals surface area contributed by atoms with Gasteiger partial charge in [0.2, 0.25) is 0 Å². The molecule has 0 bridgehead atoms. The molecule has 0 radical (unpaired) electrons. The van der Waals surface area contributed by atoms with Crippen LogP contribution < -0.4 is 0 Å². The second kappa shape index (κ2) is 14.0. The Morgan fingerprint density at radius 3 is 1.72 bits per heavy atom. The minimum absolute atomic E-state index is 0.483. The lowest BCUT2D eigenvalue weighted by Gasteiger charge is -2.12. The Balaban J connectivity index is 1.15. The average Bonchev–Trinajstić information content (AvgIpc) is 3.60. The summed E-state index contributed by atoms with van der Waals surface area (Å²) in [6.07, 6.45) is -2.68. The molecule has 6 aromatic carbocycles. The Bertz CT molecular complexity index is 2720. The van der Waals surface area contributed by atoms with Crippen molar-refractivity contribution in [2.45, 2.75) is 16.0 Å². The molecule has 0 aliphatic rings. The first-order valence-corrected chi connectivity index (χ1v) is 18.6. The highest BCUT2D eigenvalue weighted by Gasteiger charge is 2.30. The van der Waals surface area contributed by atoms with Gasteiger partial charge in [-0.25, -0.2) is 24.9 Å². The minimum Gasteiger partial charge on any atom is -0.235 e. The molecular formula is C44H26F3N5S2. The van der Waals surface area contributed by atoms with Gasteiger partial charge in [-0.3, -0.25) is 0 Å².